The summed E-state index contributed by atoms with van der Waals surface area (Å²) in [5, 5.41) is 0. The van der Waals surface area contributed by atoms with Crippen LogP contribution >= 0.6 is 8.17 Å². The Kier molecular flexibility index (Phi) is 5.07. The van der Waals surface area contributed by atoms with Gasteiger partial charge in [-0.1, -0.05) is 18.2 Å². The van der Waals surface area contributed by atoms with Gasteiger partial charge >= 0.3 is 13.9 Å². The fourth-order valence-electron chi connectivity index (χ4n) is 3.18. The Labute approximate surface area is 159 Å². The highest BCUT2D eigenvalue weighted by Gasteiger charge is 2.51. The Balaban J connectivity index is 1.39. The number of hydrogen-bond donors (Lipinski definition) is 2. The lowest BCUT2D eigenvalue weighted by atomic mass is 10.1. The van der Waals surface area contributed by atoms with Crippen molar-refractivity contribution in [3.8, 4) is 5.75 Å². The van der Waals surface area contributed by atoms with Crippen molar-refractivity contribution in [3.63, 3.8) is 0 Å². The Morgan fingerprint density at radius 1 is 1.39 bits per heavy atom. The highest BCUT2D eigenvalue weighted by atomic mass is 31.2. The smallest absolute Gasteiger partial charge is 0.352 e. The normalized spacial score (nSPS) is 26.7. The number of rotatable bonds is 4. The van der Waals surface area contributed by atoms with E-state index in [-0.39, 0.29) is 13.2 Å². The first kappa shape index (κ1) is 19.2. The lowest BCUT2D eigenvalue weighted by molar-refractivity contribution is -0.0305. The van der Waals surface area contributed by atoms with E-state index in [4.69, 9.17) is 18.3 Å². The molecule has 3 atom stereocenters. The zero-order valence-electron chi connectivity index (χ0n) is 15.0. The van der Waals surface area contributed by atoms with Gasteiger partial charge in [-0.15, -0.1) is 9.05 Å². The van der Waals surface area contributed by atoms with E-state index in [0.717, 1.165) is 21.9 Å². The van der Waals surface area contributed by atoms with E-state index in [1.807, 2.05) is 30.1 Å². The number of hydrogen-bond acceptors (Lipinski definition) is 7. The molecule has 1 fully saturated rings. The van der Waals surface area contributed by atoms with Crippen LogP contribution in [0.4, 0.5) is 4.39 Å². The predicted octanol–water partition coefficient (Wildman–Crippen LogP) is 1.96. The molecule has 11 heteroatoms. The molecule has 2 N–H and O–H groups in total. The van der Waals surface area contributed by atoms with Crippen LogP contribution in [-0.4, -0.2) is 27.2 Å². The molecule has 1 aromatic heterocycles. The number of nitrogens with zero attached hydrogens (tertiary/aromatic N) is 1. The number of H-pyrrole nitrogens is 1. The topological polar surface area (TPSA) is 112 Å². The largest absolute Gasteiger partial charge is 0.619 e. The maximum absolute atomic E-state index is 13.5. The molecule has 0 bridgehead atoms. The third-order valence-corrected chi connectivity index (χ3v) is 5.97. The molecule has 0 aliphatic carbocycles. The molecule has 3 unspecified atom stereocenters. The number of aromatic amines is 1. The molecular formula is C17H19FN2O7P+. The summed E-state index contributed by atoms with van der Waals surface area (Å²) in [6.45, 7) is 2.00. The minimum atomic E-state index is -3.55. The summed E-state index contributed by atoms with van der Waals surface area (Å²) in [7, 11) is -3.55. The van der Waals surface area contributed by atoms with Crippen LogP contribution in [0.2, 0.25) is 0 Å². The highest BCUT2D eigenvalue weighted by molar-refractivity contribution is 7.55. The molecule has 2 aliphatic heterocycles. The molecule has 1 aromatic carbocycles. The number of para-hydroxylation sites is 1. The maximum Gasteiger partial charge on any atom is 0.619 e. The fraction of sp³-hybridized carbons (Fsp3) is 0.412. The minimum Gasteiger partial charge on any atom is -0.352 e. The zero-order valence-corrected chi connectivity index (χ0v) is 15.9. The summed E-state index contributed by atoms with van der Waals surface area (Å²) >= 11 is 0. The second-order valence-corrected chi connectivity index (χ2v) is 8.26. The van der Waals surface area contributed by atoms with Crippen LogP contribution in [0.3, 0.4) is 0 Å². The molecule has 0 saturated carbocycles. The second-order valence-electron chi connectivity index (χ2n) is 6.63. The Morgan fingerprint density at radius 2 is 2.21 bits per heavy atom. The summed E-state index contributed by atoms with van der Waals surface area (Å²) in [5.41, 5.74) is -0.146. The van der Waals surface area contributed by atoms with Gasteiger partial charge in [-0.25, -0.2) is 4.79 Å². The molecule has 150 valence electrons. The van der Waals surface area contributed by atoms with Crippen LogP contribution in [0.1, 0.15) is 30.2 Å². The first-order valence-electron chi connectivity index (χ1n) is 8.70. The molecular weight excluding hydrogens is 394 g/mol. The van der Waals surface area contributed by atoms with Gasteiger partial charge in [0.15, 0.2) is 5.75 Å². The molecule has 4 rings (SSSR count). The van der Waals surface area contributed by atoms with Crippen LogP contribution in [0.15, 0.2) is 34.0 Å². The van der Waals surface area contributed by atoms with E-state index in [2.05, 4.69) is 0 Å². The van der Waals surface area contributed by atoms with Gasteiger partial charge in [-0.3, -0.25) is 18.9 Å². The number of aryl methyl sites for hydroxylation is 1. The first-order chi connectivity index (χ1) is 13.3. The van der Waals surface area contributed by atoms with Crippen molar-refractivity contribution in [1.29, 1.82) is 0 Å². The van der Waals surface area contributed by atoms with Crippen molar-refractivity contribution >= 4 is 8.17 Å². The van der Waals surface area contributed by atoms with Crippen molar-refractivity contribution < 1.29 is 27.6 Å². The number of aromatic nitrogens is 2. The average Bonchev–Trinajstić information content (AvgIpc) is 3.13. The third-order valence-electron chi connectivity index (χ3n) is 4.63. The van der Waals surface area contributed by atoms with Gasteiger partial charge in [0.25, 0.3) is 5.56 Å². The predicted molar refractivity (Wildman–Crippen MR) is 96.1 cm³/mol. The van der Waals surface area contributed by atoms with E-state index in [1.165, 1.54) is 0 Å². The van der Waals surface area contributed by atoms with Crippen LogP contribution < -0.4 is 15.8 Å². The van der Waals surface area contributed by atoms with Crippen molar-refractivity contribution in [3.05, 3.63) is 62.2 Å². The number of ether oxygens (including phenoxy) is 1. The number of nitrogens with one attached hydrogen (secondary N) is 1. The van der Waals surface area contributed by atoms with Crippen LogP contribution in [0, 0.1) is 12.7 Å². The highest BCUT2D eigenvalue weighted by Crippen LogP contribution is 2.62. The van der Waals surface area contributed by atoms with Gasteiger partial charge in [0, 0.05) is 5.56 Å². The molecule has 2 aliphatic rings. The molecule has 28 heavy (non-hydrogen) atoms. The van der Waals surface area contributed by atoms with Crippen LogP contribution in [0.25, 0.3) is 0 Å². The Bertz CT molecular complexity index is 1010. The zero-order chi connectivity index (χ0) is 19.9. The summed E-state index contributed by atoms with van der Waals surface area (Å²) in [4.78, 5) is 35.4. The van der Waals surface area contributed by atoms with Crippen molar-refractivity contribution in [1.82, 2.24) is 9.55 Å². The standard InChI is InChI=1S/C17H18FN2O7P/c1-10-3-2-4-11-8-24-28(23,27-15(10)11)25-9-12-5-6-14(26-12)20-7-13(18)16(21)19-17(20)22/h2-4,7,12,14,23H,5-6,8-9H2,1H3/p+1. The van der Waals surface area contributed by atoms with Crippen molar-refractivity contribution in [2.24, 2.45) is 0 Å². The van der Waals surface area contributed by atoms with E-state index in [0.29, 0.717) is 18.6 Å². The van der Waals surface area contributed by atoms with Gasteiger partial charge in [-0.2, -0.15) is 9.28 Å². The minimum absolute atomic E-state index is 0.0252. The average molecular weight is 413 g/mol. The quantitative estimate of drug-likeness (QED) is 0.737. The summed E-state index contributed by atoms with van der Waals surface area (Å²) < 4.78 is 36.6. The van der Waals surface area contributed by atoms with Crippen molar-refractivity contribution in [2.45, 2.75) is 38.7 Å². The molecule has 9 nitrogen and oxygen atoms in total. The summed E-state index contributed by atoms with van der Waals surface area (Å²) in [6, 6.07) is 5.58. The van der Waals surface area contributed by atoms with Crippen molar-refractivity contribution in [2.75, 3.05) is 6.61 Å². The van der Waals surface area contributed by atoms with Crippen LogP contribution in [0.5, 0.6) is 5.75 Å². The second kappa shape index (κ2) is 7.38. The third kappa shape index (κ3) is 3.74. The lowest BCUT2D eigenvalue weighted by Crippen LogP contribution is -2.34. The molecule has 0 radical (unpaired) electrons. The number of halogens is 1. The number of fused-ring (bicyclic) bond motifs is 1. The van der Waals surface area contributed by atoms with E-state index < -0.39 is 37.6 Å². The van der Waals surface area contributed by atoms with Gasteiger partial charge in [0.1, 0.15) is 19.4 Å². The maximum atomic E-state index is 13.5. The fourth-order valence-corrected chi connectivity index (χ4v) is 4.51. The van der Waals surface area contributed by atoms with Gasteiger partial charge < -0.3 is 4.74 Å². The monoisotopic (exact) mass is 413 g/mol. The Hall–Kier alpha value is -2.10. The summed E-state index contributed by atoms with van der Waals surface area (Å²) in [6.07, 6.45) is 0.550. The van der Waals surface area contributed by atoms with E-state index >= 15 is 0 Å². The molecule has 2 aromatic rings. The van der Waals surface area contributed by atoms with E-state index in [1.54, 1.807) is 0 Å². The van der Waals surface area contributed by atoms with Gasteiger partial charge in [0.05, 0.1) is 12.3 Å². The molecule has 0 spiro atoms. The SMILES string of the molecule is Cc1cccc2c1O[P+](O)(OCC1CCC(n3cc(F)c(=O)[nH]c3=O)O1)OC2. The molecule has 1 saturated heterocycles. The molecule has 3 heterocycles. The lowest BCUT2D eigenvalue weighted by Gasteiger charge is -2.23. The first-order valence-corrected chi connectivity index (χ1v) is 10.2. The van der Waals surface area contributed by atoms with Crippen LogP contribution in [-0.2, 0) is 20.4 Å². The number of benzene rings is 1. The summed E-state index contributed by atoms with van der Waals surface area (Å²) in [5.74, 6) is -0.522. The van der Waals surface area contributed by atoms with Gasteiger partial charge in [-0.05, 0) is 25.3 Å². The Morgan fingerprint density at radius 3 is 3.04 bits per heavy atom. The van der Waals surface area contributed by atoms with E-state index in [9.17, 15) is 18.9 Å². The van der Waals surface area contributed by atoms with Gasteiger partial charge in [0.2, 0.25) is 5.82 Å². The molecule has 0 amide bonds.